The van der Waals surface area contributed by atoms with Crippen LogP contribution < -0.4 is 25.0 Å². The van der Waals surface area contributed by atoms with Gasteiger partial charge >= 0.3 is 0 Å². The lowest BCUT2D eigenvalue weighted by molar-refractivity contribution is -0.123. The third kappa shape index (κ3) is 6.35. The van der Waals surface area contributed by atoms with Gasteiger partial charge in [-0.2, -0.15) is 5.10 Å². The summed E-state index contributed by atoms with van der Waals surface area (Å²) in [6, 6.07) is 23.5. The number of hydrogen-bond acceptors (Lipinski definition) is 7. The number of amides is 2. The normalized spacial score (nSPS) is 10.7. The molecule has 0 fully saturated rings. The molecule has 0 saturated carbocycles. The fourth-order valence-corrected chi connectivity index (χ4v) is 3.35. The topological polar surface area (TPSA) is 111 Å². The largest absolute Gasteiger partial charge is 0.493 e. The number of ether oxygens (including phenoxy) is 3. The number of aromatic nitrogens is 1. The van der Waals surface area contributed by atoms with Gasteiger partial charge < -0.3 is 19.5 Å². The Kier molecular flexibility index (Phi) is 8.06. The third-order valence-corrected chi connectivity index (χ3v) is 4.98. The summed E-state index contributed by atoms with van der Waals surface area (Å²) in [5.74, 6) is 0.462. The highest BCUT2D eigenvalue weighted by molar-refractivity contribution is 5.92. The molecule has 9 nitrogen and oxygen atoms in total. The van der Waals surface area contributed by atoms with Gasteiger partial charge in [0, 0.05) is 22.8 Å². The quantitative estimate of drug-likeness (QED) is 0.262. The summed E-state index contributed by atoms with van der Waals surface area (Å²) >= 11 is 0. The predicted molar refractivity (Wildman–Crippen MR) is 137 cm³/mol. The molecule has 4 aromatic rings. The van der Waals surface area contributed by atoms with Gasteiger partial charge in [0.2, 0.25) is 0 Å². The van der Waals surface area contributed by atoms with E-state index in [0.717, 1.165) is 5.39 Å². The number of hydrazone groups is 1. The Morgan fingerprint density at radius 1 is 0.861 bits per heavy atom. The molecular weight excluding hydrogens is 460 g/mol. The van der Waals surface area contributed by atoms with Crippen molar-refractivity contribution in [1.82, 2.24) is 10.4 Å². The fraction of sp³-hybridized carbons (Fsp3) is 0.111. The number of nitrogens with one attached hydrogen (secondary N) is 2. The van der Waals surface area contributed by atoms with Gasteiger partial charge in [-0.3, -0.25) is 14.6 Å². The van der Waals surface area contributed by atoms with Gasteiger partial charge in [-0.05, 0) is 36.4 Å². The van der Waals surface area contributed by atoms with Gasteiger partial charge in [-0.15, -0.1) is 0 Å². The zero-order valence-electron chi connectivity index (χ0n) is 19.5. The summed E-state index contributed by atoms with van der Waals surface area (Å²) in [6.45, 7) is -0.483. The summed E-state index contributed by atoms with van der Waals surface area (Å²) in [4.78, 5) is 28.8. The van der Waals surface area contributed by atoms with Crippen molar-refractivity contribution >= 4 is 34.6 Å². The second kappa shape index (κ2) is 12.0. The highest BCUT2D eigenvalue weighted by atomic mass is 16.5. The molecular formula is C27H24N4O5. The molecule has 0 aliphatic carbocycles. The molecule has 0 aliphatic heterocycles. The van der Waals surface area contributed by atoms with E-state index in [2.05, 4.69) is 20.8 Å². The summed E-state index contributed by atoms with van der Waals surface area (Å²) in [6.07, 6.45) is 3.07. The Morgan fingerprint density at radius 3 is 2.44 bits per heavy atom. The van der Waals surface area contributed by atoms with E-state index in [1.807, 2.05) is 42.5 Å². The van der Waals surface area contributed by atoms with Crippen LogP contribution in [0.4, 0.5) is 5.69 Å². The van der Waals surface area contributed by atoms with Crippen LogP contribution in [0.1, 0.15) is 5.56 Å². The molecule has 1 heterocycles. The van der Waals surface area contributed by atoms with E-state index in [0.29, 0.717) is 34.0 Å². The molecule has 0 unspecified atom stereocenters. The number of carbonyl (C=O) groups is 2. The Morgan fingerprint density at radius 2 is 1.61 bits per heavy atom. The molecule has 0 bridgehead atoms. The maximum atomic E-state index is 12.3. The summed E-state index contributed by atoms with van der Waals surface area (Å²) < 4.78 is 16.7. The Labute approximate surface area is 207 Å². The first-order valence-corrected chi connectivity index (χ1v) is 11.1. The SMILES string of the molecule is COc1cccc(/C=N/NC(=O)COc2cccc3cccnc23)c1OCC(=O)Nc1ccccc1. The van der Waals surface area contributed by atoms with Gasteiger partial charge in [-0.25, -0.2) is 5.43 Å². The molecule has 0 radical (unpaired) electrons. The summed E-state index contributed by atoms with van der Waals surface area (Å²) in [5.41, 5.74) is 4.27. The van der Waals surface area contributed by atoms with Crippen molar-refractivity contribution in [3.8, 4) is 17.2 Å². The van der Waals surface area contributed by atoms with Gasteiger partial charge in [0.1, 0.15) is 11.3 Å². The molecule has 0 saturated heterocycles. The predicted octanol–water partition coefficient (Wildman–Crippen LogP) is 3.79. The molecule has 0 atom stereocenters. The van der Waals surface area contributed by atoms with Crippen LogP contribution in [0.25, 0.3) is 10.9 Å². The lowest BCUT2D eigenvalue weighted by Crippen LogP contribution is -2.24. The Balaban J connectivity index is 1.35. The zero-order chi connectivity index (χ0) is 25.2. The van der Waals surface area contributed by atoms with Crippen molar-refractivity contribution in [2.45, 2.75) is 0 Å². The minimum atomic E-state index is -0.452. The number of nitrogens with zero attached hydrogens (tertiary/aromatic N) is 2. The number of para-hydroxylation sites is 3. The molecule has 182 valence electrons. The van der Waals surface area contributed by atoms with E-state index >= 15 is 0 Å². The molecule has 1 aromatic heterocycles. The Bertz CT molecular complexity index is 1370. The van der Waals surface area contributed by atoms with Crippen molar-refractivity contribution < 1.29 is 23.8 Å². The zero-order valence-corrected chi connectivity index (χ0v) is 19.5. The average Bonchev–Trinajstić information content (AvgIpc) is 2.91. The monoisotopic (exact) mass is 484 g/mol. The molecule has 9 heteroatoms. The number of pyridine rings is 1. The maximum Gasteiger partial charge on any atom is 0.277 e. The second-order valence-electron chi connectivity index (χ2n) is 7.49. The van der Waals surface area contributed by atoms with Crippen molar-refractivity contribution in [3.05, 3.63) is 90.6 Å². The molecule has 36 heavy (non-hydrogen) atoms. The number of carbonyl (C=O) groups excluding carboxylic acids is 2. The molecule has 2 N–H and O–H groups in total. The first kappa shape index (κ1) is 24.2. The van der Waals surface area contributed by atoms with Gasteiger partial charge in [-0.1, -0.05) is 42.5 Å². The lowest BCUT2D eigenvalue weighted by Gasteiger charge is -2.13. The summed E-state index contributed by atoms with van der Waals surface area (Å²) in [5, 5.41) is 7.66. The van der Waals surface area contributed by atoms with Crippen molar-refractivity contribution in [1.29, 1.82) is 0 Å². The average molecular weight is 485 g/mol. The van der Waals surface area contributed by atoms with E-state index in [-0.39, 0.29) is 19.1 Å². The highest BCUT2D eigenvalue weighted by Crippen LogP contribution is 2.30. The van der Waals surface area contributed by atoms with Crippen molar-refractivity contribution in [2.75, 3.05) is 25.6 Å². The van der Waals surface area contributed by atoms with Crippen LogP contribution in [0, 0.1) is 0 Å². The van der Waals surface area contributed by atoms with Crippen LogP contribution in [0.15, 0.2) is 90.2 Å². The molecule has 0 spiro atoms. The number of benzene rings is 3. The maximum absolute atomic E-state index is 12.3. The van der Waals surface area contributed by atoms with E-state index in [4.69, 9.17) is 14.2 Å². The number of rotatable bonds is 10. The summed E-state index contributed by atoms with van der Waals surface area (Å²) in [7, 11) is 1.49. The third-order valence-electron chi connectivity index (χ3n) is 4.98. The molecule has 2 amide bonds. The fourth-order valence-electron chi connectivity index (χ4n) is 3.35. The highest BCUT2D eigenvalue weighted by Gasteiger charge is 2.12. The van der Waals surface area contributed by atoms with Crippen LogP contribution in [0.5, 0.6) is 17.2 Å². The van der Waals surface area contributed by atoms with Crippen LogP contribution >= 0.6 is 0 Å². The molecule has 4 rings (SSSR count). The van der Waals surface area contributed by atoms with Crippen LogP contribution in [0.3, 0.4) is 0 Å². The minimum absolute atomic E-state index is 0.241. The first-order chi connectivity index (χ1) is 17.6. The van der Waals surface area contributed by atoms with E-state index in [1.54, 1.807) is 42.6 Å². The molecule has 0 aliphatic rings. The standard InChI is InChI=1S/C27H24N4O5/c1-34-23-14-6-9-20(27(23)36-17-24(32)30-21-11-3-2-4-12-21)16-29-31-25(33)18-35-22-13-5-8-19-10-7-15-28-26(19)22/h2-16H,17-18H2,1H3,(H,30,32)(H,31,33)/b29-16+. The van der Waals surface area contributed by atoms with Crippen LogP contribution in [-0.4, -0.2) is 43.3 Å². The van der Waals surface area contributed by atoms with Crippen molar-refractivity contribution in [2.24, 2.45) is 5.10 Å². The van der Waals surface area contributed by atoms with Crippen LogP contribution in [0.2, 0.25) is 0 Å². The second-order valence-corrected chi connectivity index (χ2v) is 7.49. The lowest BCUT2D eigenvalue weighted by atomic mass is 10.2. The minimum Gasteiger partial charge on any atom is -0.493 e. The Hall–Kier alpha value is -4.92. The number of hydrogen-bond donors (Lipinski definition) is 2. The van der Waals surface area contributed by atoms with E-state index in [1.165, 1.54) is 13.3 Å². The number of methoxy groups -OCH3 is 1. The number of fused-ring (bicyclic) bond motifs is 1. The van der Waals surface area contributed by atoms with Crippen LogP contribution in [-0.2, 0) is 9.59 Å². The van der Waals surface area contributed by atoms with Crippen molar-refractivity contribution in [3.63, 3.8) is 0 Å². The van der Waals surface area contributed by atoms with Gasteiger partial charge in [0.05, 0.1) is 13.3 Å². The van der Waals surface area contributed by atoms with Gasteiger partial charge in [0.25, 0.3) is 11.8 Å². The number of anilines is 1. The van der Waals surface area contributed by atoms with E-state index < -0.39 is 5.91 Å². The van der Waals surface area contributed by atoms with E-state index in [9.17, 15) is 9.59 Å². The van der Waals surface area contributed by atoms with Gasteiger partial charge in [0.15, 0.2) is 24.7 Å². The smallest absolute Gasteiger partial charge is 0.277 e. The first-order valence-electron chi connectivity index (χ1n) is 11.1. The molecule has 3 aromatic carbocycles.